The Hall–Kier alpha value is -2.09. The molecule has 2 rings (SSSR count). The van der Waals surface area contributed by atoms with E-state index in [9.17, 15) is 4.79 Å². The maximum Gasteiger partial charge on any atom is 0.307 e. The number of benzene rings is 2. The maximum absolute atomic E-state index is 10.6. The van der Waals surface area contributed by atoms with Crippen molar-refractivity contribution in [3.05, 3.63) is 59.7 Å². The minimum absolute atomic E-state index is 0.0775. The van der Waals surface area contributed by atoms with Gasteiger partial charge in [0.1, 0.15) is 0 Å². The van der Waals surface area contributed by atoms with E-state index in [2.05, 4.69) is 25.1 Å². The summed E-state index contributed by atoms with van der Waals surface area (Å²) >= 11 is 0. The van der Waals surface area contributed by atoms with Crippen LogP contribution in [0.5, 0.6) is 0 Å². The Balaban J connectivity index is 2.26. The van der Waals surface area contributed by atoms with Gasteiger partial charge in [-0.1, -0.05) is 54.1 Å². The summed E-state index contributed by atoms with van der Waals surface area (Å²) in [5.41, 5.74) is 4.32. The van der Waals surface area contributed by atoms with Gasteiger partial charge in [-0.25, -0.2) is 0 Å². The quantitative estimate of drug-likeness (QED) is 0.872. The lowest BCUT2D eigenvalue weighted by atomic mass is 10.0. The molecule has 0 radical (unpaired) electrons. The van der Waals surface area contributed by atoms with Crippen molar-refractivity contribution in [2.24, 2.45) is 0 Å². The monoisotopic (exact) mass is 226 g/mol. The number of hydrogen-bond donors (Lipinski definition) is 1. The Kier molecular flexibility index (Phi) is 3.24. The van der Waals surface area contributed by atoms with Crippen molar-refractivity contribution < 1.29 is 9.90 Å². The van der Waals surface area contributed by atoms with E-state index in [1.54, 1.807) is 0 Å². The molecule has 0 heterocycles. The molecule has 1 N–H and O–H groups in total. The molecule has 0 fully saturated rings. The van der Waals surface area contributed by atoms with Gasteiger partial charge in [0.2, 0.25) is 0 Å². The minimum Gasteiger partial charge on any atom is -0.481 e. The molecule has 0 saturated carbocycles. The highest BCUT2D eigenvalue weighted by Gasteiger charge is 2.01. The Morgan fingerprint density at radius 2 is 1.76 bits per heavy atom. The second-order valence-electron chi connectivity index (χ2n) is 4.14. The van der Waals surface area contributed by atoms with Gasteiger partial charge in [0, 0.05) is 0 Å². The largest absolute Gasteiger partial charge is 0.481 e. The maximum atomic E-state index is 10.6. The molecule has 0 bridgehead atoms. The van der Waals surface area contributed by atoms with Crippen LogP contribution < -0.4 is 0 Å². The summed E-state index contributed by atoms with van der Waals surface area (Å²) in [7, 11) is 0. The van der Waals surface area contributed by atoms with Crippen molar-refractivity contribution in [2.45, 2.75) is 13.3 Å². The highest BCUT2D eigenvalue weighted by Crippen LogP contribution is 2.20. The lowest BCUT2D eigenvalue weighted by molar-refractivity contribution is -0.136. The molecular weight excluding hydrogens is 212 g/mol. The second kappa shape index (κ2) is 4.83. The Bertz CT molecular complexity index is 527. The fraction of sp³-hybridized carbons (Fsp3) is 0.133. The molecule has 2 aromatic rings. The first-order valence-electron chi connectivity index (χ1n) is 5.53. The van der Waals surface area contributed by atoms with Gasteiger partial charge >= 0.3 is 5.97 Å². The number of rotatable bonds is 3. The molecular formula is C15H14O2. The number of carbonyl (C=O) groups is 1. The predicted octanol–water partition coefficient (Wildman–Crippen LogP) is 3.29. The van der Waals surface area contributed by atoms with Gasteiger partial charge in [0.15, 0.2) is 0 Å². The van der Waals surface area contributed by atoms with Gasteiger partial charge in [-0.3, -0.25) is 4.79 Å². The van der Waals surface area contributed by atoms with E-state index in [1.165, 1.54) is 5.56 Å². The molecule has 0 aliphatic rings. The summed E-state index contributed by atoms with van der Waals surface area (Å²) in [6.07, 6.45) is 0.0775. The molecule has 0 spiro atoms. The SMILES string of the molecule is Cc1cccc(-c2ccc(CC(=O)O)cc2)c1. The molecule has 0 amide bonds. The predicted molar refractivity (Wildman–Crippen MR) is 68.0 cm³/mol. The molecule has 2 aromatic carbocycles. The summed E-state index contributed by atoms with van der Waals surface area (Å²) in [6.45, 7) is 2.06. The zero-order valence-corrected chi connectivity index (χ0v) is 9.68. The van der Waals surface area contributed by atoms with E-state index in [-0.39, 0.29) is 6.42 Å². The fourth-order valence-corrected chi connectivity index (χ4v) is 1.81. The van der Waals surface area contributed by atoms with Gasteiger partial charge in [0.05, 0.1) is 6.42 Å². The lowest BCUT2D eigenvalue weighted by Gasteiger charge is -2.04. The normalized spacial score (nSPS) is 10.2. The zero-order chi connectivity index (χ0) is 12.3. The van der Waals surface area contributed by atoms with Crippen molar-refractivity contribution in [3.63, 3.8) is 0 Å². The van der Waals surface area contributed by atoms with Crippen LogP contribution in [-0.4, -0.2) is 11.1 Å². The van der Waals surface area contributed by atoms with Crippen LogP contribution in [0.3, 0.4) is 0 Å². The van der Waals surface area contributed by atoms with Crippen LogP contribution in [0.2, 0.25) is 0 Å². The standard InChI is InChI=1S/C15H14O2/c1-11-3-2-4-14(9-11)13-7-5-12(6-8-13)10-15(16)17/h2-9H,10H2,1H3,(H,16,17). The molecule has 0 atom stereocenters. The minimum atomic E-state index is -0.798. The molecule has 2 nitrogen and oxygen atoms in total. The molecule has 86 valence electrons. The van der Waals surface area contributed by atoms with Gasteiger partial charge in [-0.05, 0) is 23.6 Å². The number of carboxylic acid groups (broad SMARTS) is 1. The van der Waals surface area contributed by atoms with Gasteiger partial charge in [0.25, 0.3) is 0 Å². The summed E-state index contributed by atoms with van der Waals surface area (Å²) in [6, 6.07) is 15.9. The van der Waals surface area contributed by atoms with Gasteiger partial charge < -0.3 is 5.11 Å². The Morgan fingerprint density at radius 3 is 2.35 bits per heavy atom. The van der Waals surface area contributed by atoms with E-state index in [4.69, 9.17) is 5.11 Å². The van der Waals surface area contributed by atoms with E-state index in [0.29, 0.717) is 0 Å². The van der Waals surface area contributed by atoms with Crippen LogP contribution in [0.25, 0.3) is 11.1 Å². The fourth-order valence-electron chi connectivity index (χ4n) is 1.81. The lowest BCUT2D eigenvalue weighted by Crippen LogP contribution is -1.99. The van der Waals surface area contributed by atoms with Gasteiger partial charge in [-0.15, -0.1) is 0 Å². The zero-order valence-electron chi connectivity index (χ0n) is 9.68. The Morgan fingerprint density at radius 1 is 1.06 bits per heavy atom. The van der Waals surface area contributed by atoms with E-state index in [1.807, 2.05) is 30.3 Å². The molecule has 0 aliphatic carbocycles. The van der Waals surface area contributed by atoms with Crippen LogP contribution in [-0.2, 0) is 11.2 Å². The topological polar surface area (TPSA) is 37.3 Å². The molecule has 0 aromatic heterocycles. The van der Waals surface area contributed by atoms with Crippen molar-refractivity contribution in [2.75, 3.05) is 0 Å². The van der Waals surface area contributed by atoms with Crippen molar-refractivity contribution in [3.8, 4) is 11.1 Å². The van der Waals surface area contributed by atoms with Crippen molar-refractivity contribution in [1.82, 2.24) is 0 Å². The first kappa shape index (κ1) is 11.4. The number of carboxylic acids is 1. The van der Waals surface area contributed by atoms with Crippen LogP contribution in [0.15, 0.2) is 48.5 Å². The number of aryl methyl sites for hydroxylation is 1. The van der Waals surface area contributed by atoms with Crippen LogP contribution in [0.1, 0.15) is 11.1 Å². The number of aliphatic carboxylic acids is 1. The first-order chi connectivity index (χ1) is 8.15. The summed E-state index contributed by atoms with van der Waals surface area (Å²) < 4.78 is 0. The highest BCUT2D eigenvalue weighted by atomic mass is 16.4. The van der Waals surface area contributed by atoms with Crippen LogP contribution >= 0.6 is 0 Å². The third-order valence-corrected chi connectivity index (χ3v) is 2.66. The molecule has 17 heavy (non-hydrogen) atoms. The van der Waals surface area contributed by atoms with Crippen molar-refractivity contribution >= 4 is 5.97 Å². The van der Waals surface area contributed by atoms with E-state index >= 15 is 0 Å². The van der Waals surface area contributed by atoms with E-state index < -0.39 is 5.97 Å². The molecule has 0 unspecified atom stereocenters. The van der Waals surface area contributed by atoms with Gasteiger partial charge in [-0.2, -0.15) is 0 Å². The first-order valence-corrected chi connectivity index (χ1v) is 5.53. The molecule has 0 aliphatic heterocycles. The highest BCUT2D eigenvalue weighted by molar-refractivity contribution is 5.71. The average Bonchev–Trinajstić information content (AvgIpc) is 2.29. The summed E-state index contributed by atoms with van der Waals surface area (Å²) in [5, 5.41) is 8.69. The van der Waals surface area contributed by atoms with Crippen LogP contribution in [0.4, 0.5) is 0 Å². The third-order valence-electron chi connectivity index (χ3n) is 2.66. The molecule has 2 heteroatoms. The number of hydrogen-bond acceptors (Lipinski definition) is 1. The summed E-state index contributed by atoms with van der Waals surface area (Å²) in [4.78, 5) is 10.6. The summed E-state index contributed by atoms with van der Waals surface area (Å²) in [5.74, 6) is -0.798. The van der Waals surface area contributed by atoms with E-state index in [0.717, 1.165) is 16.7 Å². The Labute approximate surface area is 101 Å². The average molecular weight is 226 g/mol. The third kappa shape index (κ3) is 2.94. The molecule has 0 saturated heterocycles. The van der Waals surface area contributed by atoms with Crippen molar-refractivity contribution in [1.29, 1.82) is 0 Å². The smallest absolute Gasteiger partial charge is 0.307 e. The second-order valence-corrected chi connectivity index (χ2v) is 4.14. The van der Waals surface area contributed by atoms with Crippen LogP contribution in [0, 0.1) is 6.92 Å².